The zero-order chi connectivity index (χ0) is 8.27. The highest BCUT2D eigenvalue weighted by molar-refractivity contribution is 5.77. The largest absolute Gasteiger partial charge is 0.299 e. The summed E-state index contributed by atoms with van der Waals surface area (Å²) in [6, 6.07) is 0.680. The van der Waals surface area contributed by atoms with Gasteiger partial charge in [-0.1, -0.05) is 12.8 Å². The maximum Gasteiger partial charge on any atom is 0.143 e. The van der Waals surface area contributed by atoms with Gasteiger partial charge in [0.25, 0.3) is 0 Å². The Balaban J connectivity index is 2.28. The minimum atomic E-state index is 0.277. The molecule has 64 valence electrons. The molecule has 1 fully saturated rings. The predicted octanol–water partition coefficient (Wildman–Crippen LogP) is 1.45. The molecule has 0 aromatic rings. The highest BCUT2D eigenvalue weighted by atomic mass is 16.1. The number of rotatable bonds is 3. The molecule has 0 spiro atoms. The van der Waals surface area contributed by atoms with Crippen molar-refractivity contribution in [2.24, 2.45) is 0 Å². The number of nitrogens with zero attached hydrogens (tertiary/aromatic N) is 1. The van der Waals surface area contributed by atoms with E-state index in [9.17, 15) is 4.79 Å². The summed E-state index contributed by atoms with van der Waals surface area (Å²) < 4.78 is 0. The van der Waals surface area contributed by atoms with Gasteiger partial charge in [-0.3, -0.25) is 9.69 Å². The molecule has 0 aromatic carbocycles. The molecule has 0 aliphatic heterocycles. The van der Waals surface area contributed by atoms with Gasteiger partial charge in [0, 0.05) is 6.04 Å². The average Bonchev–Trinajstić information content (AvgIpc) is 2.35. The van der Waals surface area contributed by atoms with Gasteiger partial charge in [0.1, 0.15) is 5.78 Å². The molecular weight excluding hydrogens is 138 g/mol. The Morgan fingerprint density at radius 1 is 1.45 bits per heavy atom. The fraction of sp³-hybridized carbons (Fsp3) is 0.889. The molecule has 1 saturated carbocycles. The minimum absolute atomic E-state index is 0.277. The van der Waals surface area contributed by atoms with Gasteiger partial charge in [0.05, 0.1) is 6.54 Å². The van der Waals surface area contributed by atoms with E-state index < -0.39 is 0 Å². The fourth-order valence-corrected chi connectivity index (χ4v) is 1.83. The Morgan fingerprint density at radius 3 is 2.45 bits per heavy atom. The van der Waals surface area contributed by atoms with Gasteiger partial charge in [0.15, 0.2) is 0 Å². The number of carbonyl (C=O) groups excluding carboxylic acids is 1. The zero-order valence-electron chi connectivity index (χ0n) is 7.47. The van der Waals surface area contributed by atoms with Crippen LogP contribution in [0.5, 0.6) is 0 Å². The van der Waals surface area contributed by atoms with E-state index in [-0.39, 0.29) is 5.78 Å². The number of hydrogen-bond acceptors (Lipinski definition) is 2. The highest BCUT2D eigenvalue weighted by Crippen LogP contribution is 2.21. The number of likely N-dealkylation sites (N-methyl/N-ethyl adjacent to an activating group) is 1. The molecule has 2 heteroatoms. The van der Waals surface area contributed by atoms with Crippen molar-refractivity contribution in [2.75, 3.05) is 13.6 Å². The fourth-order valence-electron chi connectivity index (χ4n) is 1.83. The van der Waals surface area contributed by atoms with Crippen molar-refractivity contribution < 1.29 is 4.79 Å². The number of carbonyl (C=O) groups is 1. The van der Waals surface area contributed by atoms with Gasteiger partial charge in [-0.15, -0.1) is 0 Å². The molecule has 11 heavy (non-hydrogen) atoms. The Hall–Kier alpha value is -0.370. The van der Waals surface area contributed by atoms with E-state index in [4.69, 9.17) is 0 Å². The van der Waals surface area contributed by atoms with Crippen LogP contribution in [0.15, 0.2) is 0 Å². The summed E-state index contributed by atoms with van der Waals surface area (Å²) in [5, 5.41) is 0. The number of Topliss-reactive ketones (excluding diaryl/α,β-unsaturated/α-hetero) is 1. The lowest BCUT2D eigenvalue weighted by Gasteiger charge is -2.22. The second kappa shape index (κ2) is 3.86. The molecule has 1 aliphatic carbocycles. The van der Waals surface area contributed by atoms with E-state index >= 15 is 0 Å². The lowest BCUT2D eigenvalue weighted by atomic mass is 10.2. The quantitative estimate of drug-likeness (QED) is 0.615. The lowest BCUT2D eigenvalue weighted by Crippen LogP contribution is -2.33. The molecule has 0 saturated heterocycles. The van der Waals surface area contributed by atoms with E-state index in [2.05, 4.69) is 11.9 Å². The first kappa shape index (κ1) is 8.72. The van der Waals surface area contributed by atoms with Crippen molar-refractivity contribution in [3.63, 3.8) is 0 Å². The summed E-state index contributed by atoms with van der Waals surface area (Å²) in [6.07, 6.45) is 5.24. The van der Waals surface area contributed by atoms with Crippen LogP contribution >= 0.6 is 0 Å². The highest BCUT2D eigenvalue weighted by Gasteiger charge is 2.19. The van der Waals surface area contributed by atoms with E-state index in [0.29, 0.717) is 12.6 Å². The van der Waals surface area contributed by atoms with Crippen LogP contribution in [0.4, 0.5) is 0 Å². The van der Waals surface area contributed by atoms with Crippen molar-refractivity contribution in [2.45, 2.75) is 38.6 Å². The summed E-state index contributed by atoms with van der Waals surface area (Å²) in [4.78, 5) is 13.0. The minimum Gasteiger partial charge on any atom is -0.299 e. The molecule has 2 nitrogen and oxygen atoms in total. The molecule has 0 unspecified atom stereocenters. The van der Waals surface area contributed by atoms with Crippen LogP contribution < -0.4 is 0 Å². The van der Waals surface area contributed by atoms with Crippen LogP contribution in [-0.2, 0) is 4.79 Å². The third-order valence-electron chi connectivity index (χ3n) is 2.42. The lowest BCUT2D eigenvalue weighted by molar-refractivity contribution is -0.118. The van der Waals surface area contributed by atoms with Gasteiger partial charge < -0.3 is 0 Å². The third-order valence-corrected chi connectivity index (χ3v) is 2.42. The number of ketones is 1. The van der Waals surface area contributed by atoms with Crippen LogP contribution in [0.2, 0.25) is 0 Å². The normalized spacial score (nSPS) is 19.5. The topological polar surface area (TPSA) is 20.3 Å². The van der Waals surface area contributed by atoms with Gasteiger partial charge in [0.2, 0.25) is 0 Å². The van der Waals surface area contributed by atoms with Crippen LogP contribution in [0.1, 0.15) is 32.6 Å². The Labute approximate surface area is 68.6 Å². The van der Waals surface area contributed by atoms with Gasteiger partial charge >= 0.3 is 0 Å². The molecule has 0 atom stereocenters. The first-order valence-corrected chi connectivity index (χ1v) is 4.40. The maximum absolute atomic E-state index is 10.8. The summed E-state index contributed by atoms with van der Waals surface area (Å²) in [5.41, 5.74) is 0. The molecule has 0 bridgehead atoms. The second-order valence-electron chi connectivity index (χ2n) is 3.56. The Kier molecular flexibility index (Phi) is 3.06. The van der Waals surface area contributed by atoms with Crippen LogP contribution in [0.3, 0.4) is 0 Å². The summed E-state index contributed by atoms with van der Waals surface area (Å²) in [5.74, 6) is 0.277. The summed E-state index contributed by atoms with van der Waals surface area (Å²) >= 11 is 0. The SMILES string of the molecule is CC(=O)CN(C)C1CCCC1. The second-order valence-corrected chi connectivity index (χ2v) is 3.56. The Bertz CT molecular complexity index is 138. The molecule has 0 N–H and O–H groups in total. The summed E-state index contributed by atoms with van der Waals surface area (Å²) in [7, 11) is 2.05. The van der Waals surface area contributed by atoms with Crippen molar-refractivity contribution in [3.05, 3.63) is 0 Å². The zero-order valence-corrected chi connectivity index (χ0v) is 7.47. The van der Waals surface area contributed by atoms with Gasteiger partial charge in [-0.2, -0.15) is 0 Å². The van der Waals surface area contributed by atoms with Crippen molar-refractivity contribution in [3.8, 4) is 0 Å². The molecule has 0 heterocycles. The third kappa shape index (κ3) is 2.62. The van der Waals surface area contributed by atoms with Crippen LogP contribution in [0.25, 0.3) is 0 Å². The van der Waals surface area contributed by atoms with Gasteiger partial charge in [-0.05, 0) is 26.8 Å². The summed E-state index contributed by atoms with van der Waals surface area (Å²) in [6.45, 7) is 2.29. The van der Waals surface area contributed by atoms with Gasteiger partial charge in [-0.25, -0.2) is 0 Å². The monoisotopic (exact) mass is 155 g/mol. The van der Waals surface area contributed by atoms with Crippen LogP contribution in [-0.4, -0.2) is 30.3 Å². The molecule has 0 radical (unpaired) electrons. The Morgan fingerprint density at radius 2 is 2.00 bits per heavy atom. The average molecular weight is 155 g/mol. The first-order valence-electron chi connectivity index (χ1n) is 4.40. The van der Waals surface area contributed by atoms with Crippen molar-refractivity contribution in [1.29, 1.82) is 0 Å². The molecule has 1 aliphatic rings. The first-order chi connectivity index (χ1) is 5.20. The molecular formula is C9H17NO. The van der Waals surface area contributed by atoms with Crippen molar-refractivity contribution >= 4 is 5.78 Å². The molecule has 0 amide bonds. The van der Waals surface area contributed by atoms with E-state index in [0.717, 1.165) is 0 Å². The van der Waals surface area contributed by atoms with E-state index in [1.165, 1.54) is 25.7 Å². The maximum atomic E-state index is 10.8. The number of hydrogen-bond donors (Lipinski definition) is 0. The standard InChI is InChI=1S/C9H17NO/c1-8(11)7-10(2)9-5-3-4-6-9/h9H,3-7H2,1-2H3. The molecule has 1 rings (SSSR count). The smallest absolute Gasteiger partial charge is 0.143 e. The molecule has 0 aromatic heterocycles. The van der Waals surface area contributed by atoms with Crippen LogP contribution in [0, 0.1) is 0 Å². The predicted molar refractivity (Wildman–Crippen MR) is 45.6 cm³/mol. The van der Waals surface area contributed by atoms with E-state index in [1.54, 1.807) is 6.92 Å². The van der Waals surface area contributed by atoms with Crippen molar-refractivity contribution in [1.82, 2.24) is 4.90 Å². The van der Waals surface area contributed by atoms with E-state index in [1.807, 2.05) is 0 Å².